The number of nitrogens with one attached hydrogen (secondary N) is 2. The molecule has 7 nitrogen and oxygen atoms in total. The van der Waals surface area contributed by atoms with Gasteiger partial charge in [0.1, 0.15) is 18.1 Å². The van der Waals surface area contributed by atoms with E-state index < -0.39 is 12.0 Å². The van der Waals surface area contributed by atoms with E-state index in [-0.39, 0.29) is 0 Å². The summed E-state index contributed by atoms with van der Waals surface area (Å²) in [5.74, 6) is -0.340. The summed E-state index contributed by atoms with van der Waals surface area (Å²) in [6.45, 7) is 1.55. The molecule has 0 aliphatic carbocycles. The number of carboxylic acid groups (broad SMARTS) is 1. The van der Waals surface area contributed by atoms with Gasteiger partial charge in [0.05, 0.1) is 6.20 Å². The molecule has 1 unspecified atom stereocenters. The fraction of sp³-hybridized carbons (Fsp3) is 0.222. The number of hydrazine groups is 1. The number of carbonyl (C=O) groups is 1. The van der Waals surface area contributed by atoms with Crippen LogP contribution in [0.5, 0.6) is 0 Å². The highest BCUT2D eigenvalue weighted by molar-refractivity contribution is 5.74. The van der Waals surface area contributed by atoms with Gasteiger partial charge in [-0.05, 0) is 6.92 Å². The van der Waals surface area contributed by atoms with E-state index in [2.05, 4.69) is 20.7 Å². The van der Waals surface area contributed by atoms with Crippen molar-refractivity contribution in [3.63, 3.8) is 0 Å². The Morgan fingerprint density at radius 1 is 1.69 bits per heavy atom. The molecule has 0 spiro atoms. The molecule has 0 saturated carbocycles. The number of rotatable bonds is 3. The molecule has 16 heavy (non-hydrogen) atoms. The molecule has 1 aromatic heterocycles. The number of aliphatic carboxylic acids is 1. The molecular weight excluding hydrogens is 210 g/mol. The van der Waals surface area contributed by atoms with Crippen molar-refractivity contribution in [1.82, 2.24) is 15.4 Å². The van der Waals surface area contributed by atoms with Crippen molar-refractivity contribution in [2.75, 3.05) is 10.3 Å². The van der Waals surface area contributed by atoms with Crippen molar-refractivity contribution in [1.29, 1.82) is 0 Å². The Balaban J connectivity index is 2.19. The Morgan fingerprint density at radius 2 is 2.50 bits per heavy atom. The lowest BCUT2D eigenvalue weighted by molar-refractivity contribution is -0.139. The van der Waals surface area contributed by atoms with Crippen LogP contribution in [0, 0.1) is 0 Å². The van der Waals surface area contributed by atoms with Gasteiger partial charge in [0, 0.05) is 12.4 Å². The molecule has 1 atom stereocenters. The van der Waals surface area contributed by atoms with E-state index in [1.54, 1.807) is 30.5 Å². The first kappa shape index (κ1) is 10.4. The fourth-order valence-electron chi connectivity index (χ4n) is 1.26. The molecule has 2 heterocycles. The van der Waals surface area contributed by atoms with Gasteiger partial charge < -0.3 is 10.4 Å². The summed E-state index contributed by atoms with van der Waals surface area (Å²) in [5.41, 5.74) is 3.51. The molecule has 0 bridgehead atoms. The van der Waals surface area contributed by atoms with E-state index in [0.29, 0.717) is 5.82 Å². The zero-order chi connectivity index (χ0) is 11.5. The first-order valence-corrected chi connectivity index (χ1v) is 4.70. The zero-order valence-corrected chi connectivity index (χ0v) is 8.58. The summed E-state index contributed by atoms with van der Waals surface area (Å²) in [6.07, 6.45) is 6.35. The minimum atomic E-state index is -0.928. The van der Waals surface area contributed by atoms with Crippen LogP contribution < -0.4 is 15.8 Å². The molecule has 1 aliphatic rings. The van der Waals surface area contributed by atoms with Gasteiger partial charge in [-0.25, -0.2) is 15.4 Å². The summed E-state index contributed by atoms with van der Waals surface area (Å²) < 4.78 is 0. The Bertz CT molecular complexity index is 434. The number of hydrogen-bond donors (Lipinski definition) is 3. The molecule has 1 aliphatic heterocycles. The first-order valence-electron chi connectivity index (χ1n) is 4.70. The summed E-state index contributed by atoms with van der Waals surface area (Å²) in [6, 6.07) is -0.703. The topological polar surface area (TPSA) is 90.4 Å². The van der Waals surface area contributed by atoms with Crippen molar-refractivity contribution >= 4 is 17.5 Å². The van der Waals surface area contributed by atoms with E-state index in [4.69, 9.17) is 5.11 Å². The Hall–Kier alpha value is -2.15. The fourth-order valence-corrected chi connectivity index (χ4v) is 1.26. The van der Waals surface area contributed by atoms with Crippen LogP contribution >= 0.6 is 0 Å². The van der Waals surface area contributed by atoms with Crippen LogP contribution in [0.4, 0.5) is 11.5 Å². The van der Waals surface area contributed by atoms with E-state index in [9.17, 15) is 4.79 Å². The minimum Gasteiger partial charge on any atom is -0.480 e. The van der Waals surface area contributed by atoms with Crippen LogP contribution in [0.1, 0.15) is 6.92 Å². The molecule has 3 N–H and O–H groups in total. The SMILES string of the molecule is CC(NN1C=CNc2cncnc21)C(=O)O. The number of nitrogens with zero attached hydrogens (tertiary/aromatic N) is 3. The Kier molecular flexibility index (Phi) is 2.69. The van der Waals surface area contributed by atoms with Gasteiger partial charge in [0.15, 0.2) is 5.82 Å². The molecule has 0 fully saturated rings. The van der Waals surface area contributed by atoms with Crippen LogP contribution in [0.25, 0.3) is 0 Å². The van der Waals surface area contributed by atoms with Crippen molar-refractivity contribution in [2.24, 2.45) is 0 Å². The van der Waals surface area contributed by atoms with E-state index in [1.807, 2.05) is 0 Å². The number of fused-ring (bicyclic) bond motifs is 1. The lowest BCUT2D eigenvalue weighted by atomic mass is 10.3. The van der Waals surface area contributed by atoms with Crippen LogP contribution in [0.15, 0.2) is 24.9 Å². The third-order valence-electron chi connectivity index (χ3n) is 2.09. The molecule has 0 amide bonds. The molecule has 0 saturated heterocycles. The second kappa shape index (κ2) is 4.15. The van der Waals surface area contributed by atoms with Crippen LogP contribution in [0.2, 0.25) is 0 Å². The normalized spacial score (nSPS) is 15.2. The highest BCUT2D eigenvalue weighted by Crippen LogP contribution is 2.23. The summed E-state index contributed by atoms with van der Waals surface area (Å²) in [7, 11) is 0. The molecule has 0 aromatic carbocycles. The number of anilines is 2. The molecule has 2 rings (SSSR count). The maximum atomic E-state index is 10.7. The van der Waals surface area contributed by atoms with E-state index in [0.717, 1.165) is 5.69 Å². The van der Waals surface area contributed by atoms with Gasteiger partial charge in [-0.1, -0.05) is 0 Å². The number of hydrogen-bond acceptors (Lipinski definition) is 6. The summed E-state index contributed by atoms with van der Waals surface area (Å²) >= 11 is 0. The lowest BCUT2D eigenvalue weighted by Crippen LogP contribution is -2.45. The maximum absolute atomic E-state index is 10.7. The lowest BCUT2D eigenvalue weighted by Gasteiger charge is -2.27. The van der Waals surface area contributed by atoms with Gasteiger partial charge in [-0.2, -0.15) is 0 Å². The maximum Gasteiger partial charge on any atom is 0.322 e. The van der Waals surface area contributed by atoms with Gasteiger partial charge >= 0.3 is 5.97 Å². The van der Waals surface area contributed by atoms with E-state index in [1.165, 1.54) is 6.33 Å². The standard InChI is InChI=1S/C9H11N5O2/c1-6(9(15)16)13-14-3-2-11-7-4-10-5-12-8(7)14/h2-6,11,13H,1H3,(H,15,16). The van der Waals surface area contributed by atoms with Gasteiger partial charge in [0.2, 0.25) is 0 Å². The van der Waals surface area contributed by atoms with Crippen LogP contribution in [-0.2, 0) is 4.79 Å². The smallest absolute Gasteiger partial charge is 0.322 e. The van der Waals surface area contributed by atoms with E-state index >= 15 is 0 Å². The predicted molar refractivity (Wildman–Crippen MR) is 57.5 cm³/mol. The van der Waals surface area contributed by atoms with Gasteiger partial charge in [-0.3, -0.25) is 9.80 Å². The number of carboxylic acids is 1. The predicted octanol–water partition coefficient (Wildman–Crippen LogP) is 0.157. The third kappa shape index (κ3) is 1.94. The van der Waals surface area contributed by atoms with Crippen molar-refractivity contribution < 1.29 is 9.90 Å². The quantitative estimate of drug-likeness (QED) is 0.669. The second-order valence-electron chi connectivity index (χ2n) is 3.28. The van der Waals surface area contributed by atoms with Gasteiger partial charge in [0.25, 0.3) is 0 Å². The average Bonchev–Trinajstić information content (AvgIpc) is 2.29. The molecular formula is C9H11N5O2. The van der Waals surface area contributed by atoms with Crippen molar-refractivity contribution in [2.45, 2.75) is 13.0 Å². The van der Waals surface area contributed by atoms with Crippen molar-refractivity contribution in [3.05, 3.63) is 24.9 Å². The Morgan fingerprint density at radius 3 is 3.25 bits per heavy atom. The van der Waals surface area contributed by atoms with Crippen molar-refractivity contribution in [3.8, 4) is 0 Å². The number of aromatic nitrogens is 2. The summed E-state index contributed by atoms with van der Waals surface area (Å²) in [4.78, 5) is 18.7. The minimum absolute atomic E-state index is 0.589. The molecule has 1 aromatic rings. The summed E-state index contributed by atoms with van der Waals surface area (Å²) in [5, 5.41) is 13.3. The third-order valence-corrected chi connectivity index (χ3v) is 2.09. The highest BCUT2D eigenvalue weighted by Gasteiger charge is 2.19. The van der Waals surface area contributed by atoms with Gasteiger partial charge in [-0.15, -0.1) is 0 Å². The molecule has 7 heteroatoms. The van der Waals surface area contributed by atoms with Crippen LogP contribution in [-0.4, -0.2) is 27.1 Å². The largest absolute Gasteiger partial charge is 0.480 e. The first-order chi connectivity index (χ1) is 7.68. The van der Waals surface area contributed by atoms with Crippen LogP contribution in [0.3, 0.4) is 0 Å². The monoisotopic (exact) mass is 221 g/mol. The second-order valence-corrected chi connectivity index (χ2v) is 3.28. The molecule has 0 radical (unpaired) electrons. The average molecular weight is 221 g/mol. The highest BCUT2D eigenvalue weighted by atomic mass is 16.4. The Labute approximate surface area is 91.8 Å². The zero-order valence-electron chi connectivity index (χ0n) is 8.58. The molecule has 84 valence electrons.